The van der Waals surface area contributed by atoms with E-state index < -0.39 is 0 Å². The van der Waals surface area contributed by atoms with Crippen LogP contribution in [0.2, 0.25) is 0 Å². The second-order valence-corrected chi connectivity index (χ2v) is 13.9. The summed E-state index contributed by atoms with van der Waals surface area (Å²) >= 11 is 0. The van der Waals surface area contributed by atoms with Crippen LogP contribution in [0.25, 0.3) is 0 Å². The van der Waals surface area contributed by atoms with Crippen molar-refractivity contribution in [3.63, 3.8) is 0 Å². The van der Waals surface area contributed by atoms with Crippen molar-refractivity contribution in [2.24, 2.45) is 5.92 Å². The molecule has 0 spiro atoms. The van der Waals surface area contributed by atoms with E-state index in [0.717, 1.165) is 45.1 Å². The zero-order valence-electron chi connectivity index (χ0n) is 30.7. The summed E-state index contributed by atoms with van der Waals surface area (Å²) in [6.07, 6.45) is 55.6. The topological polar surface area (TPSA) is 12.5 Å². The first kappa shape index (κ1) is 41.9. The van der Waals surface area contributed by atoms with Crippen LogP contribution in [0, 0.1) is 5.92 Å². The maximum absolute atomic E-state index is 5.62. The smallest absolute Gasteiger partial charge is 0.0594 e. The van der Waals surface area contributed by atoms with Gasteiger partial charge in [0.25, 0.3) is 0 Å². The Morgan fingerprint density at radius 3 is 1.20 bits per heavy atom. The van der Waals surface area contributed by atoms with E-state index >= 15 is 0 Å². The van der Waals surface area contributed by atoms with Crippen LogP contribution in [0.5, 0.6) is 0 Å². The van der Waals surface area contributed by atoms with Crippen molar-refractivity contribution in [1.29, 1.82) is 0 Å². The van der Waals surface area contributed by atoms with E-state index in [0.29, 0.717) is 0 Å². The van der Waals surface area contributed by atoms with Gasteiger partial charge in [-0.2, -0.15) is 0 Å². The van der Waals surface area contributed by atoms with Crippen molar-refractivity contribution >= 4 is 0 Å². The fraction of sp³-hybridized carbons (Fsp3) is 0.814. The Kier molecular flexibility index (Phi) is 33.3. The molecule has 1 unspecified atom stereocenters. The van der Waals surface area contributed by atoms with Crippen molar-refractivity contribution in [2.45, 2.75) is 187 Å². The van der Waals surface area contributed by atoms with Crippen LogP contribution in [0.15, 0.2) is 48.6 Å². The van der Waals surface area contributed by atoms with Gasteiger partial charge in [-0.15, -0.1) is 0 Å². The molecule has 1 heterocycles. The Hall–Kier alpha value is -1.12. The largest absolute Gasteiger partial charge is 0.379 e. The van der Waals surface area contributed by atoms with Gasteiger partial charge in [0.2, 0.25) is 0 Å². The molecular formula is C43H79NO. The van der Waals surface area contributed by atoms with E-state index in [1.165, 1.54) is 167 Å². The molecule has 0 aromatic carbocycles. The fourth-order valence-corrected chi connectivity index (χ4v) is 6.50. The zero-order valence-corrected chi connectivity index (χ0v) is 30.7. The minimum absolute atomic E-state index is 0.895. The lowest BCUT2D eigenvalue weighted by molar-refractivity contribution is 0.0290. The average molecular weight is 626 g/mol. The number of unbranched alkanes of at least 4 members (excludes halogenated alkanes) is 19. The first-order valence-electron chi connectivity index (χ1n) is 20.3. The Bertz CT molecular complexity index is 686. The molecule has 0 radical (unpaired) electrons. The predicted octanol–water partition coefficient (Wildman–Crippen LogP) is 13.7. The number of allylic oxidation sites excluding steroid dienone is 8. The Morgan fingerprint density at radius 2 is 0.800 bits per heavy atom. The summed E-state index contributed by atoms with van der Waals surface area (Å²) in [5, 5.41) is 0. The minimum Gasteiger partial charge on any atom is -0.379 e. The molecule has 1 aliphatic heterocycles. The molecule has 0 amide bonds. The molecule has 1 atom stereocenters. The van der Waals surface area contributed by atoms with Gasteiger partial charge in [-0.25, -0.2) is 0 Å². The van der Waals surface area contributed by atoms with Gasteiger partial charge in [0, 0.05) is 19.6 Å². The summed E-state index contributed by atoms with van der Waals surface area (Å²) in [5.74, 6) is 0.895. The number of ether oxygens (including phenoxy) is 1. The van der Waals surface area contributed by atoms with E-state index in [9.17, 15) is 0 Å². The number of hydrogen-bond donors (Lipinski definition) is 0. The Labute approximate surface area is 283 Å². The van der Waals surface area contributed by atoms with Crippen LogP contribution in [0.4, 0.5) is 0 Å². The van der Waals surface area contributed by atoms with E-state index in [1.54, 1.807) is 0 Å². The van der Waals surface area contributed by atoms with Crippen molar-refractivity contribution in [2.75, 3.05) is 32.8 Å². The van der Waals surface area contributed by atoms with Crippen molar-refractivity contribution in [3.05, 3.63) is 48.6 Å². The molecule has 2 heteroatoms. The third kappa shape index (κ3) is 31.3. The van der Waals surface area contributed by atoms with Crippen LogP contribution < -0.4 is 0 Å². The van der Waals surface area contributed by atoms with E-state index in [4.69, 9.17) is 4.74 Å². The molecule has 2 nitrogen and oxygen atoms in total. The Balaban J connectivity index is 2.03. The van der Waals surface area contributed by atoms with Gasteiger partial charge >= 0.3 is 0 Å². The molecule has 1 saturated heterocycles. The molecule has 0 aromatic rings. The molecule has 0 saturated carbocycles. The highest BCUT2D eigenvalue weighted by atomic mass is 16.5. The van der Waals surface area contributed by atoms with Crippen molar-refractivity contribution in [3.8, 4) is 0 Å². The minimum atomic E-state index is 0.895. The number of morpholine rings is 1. The van der Waals surface area contributed by atoms with Crippen LogP contribution in [-0.2, 0) is 4.74 Å². The van der Waals surface area contributed by atoms with E-state index in [1.807, 2.05) is 0 Å². The second kappa shape index (κ2) is 35.7. The summed E-state index contributed by atoms with van der Waals surface area (Å²) in [5.41, 5.74) is 0. The second-order valence-electron chi connectivity index (χ2n) is 13.9. The standard InChI is InChI=1S/C43H79NO/c1-3-5-7-9-11-13-15-17-19-21-23-25-27-29-31-33-35-37-43(42-44-38-40-45-41-39-44)36-34-32-30-28-26-24-22-20-18-16-14-12-10-8-6-4-2/h11-14,17-20,43H,3-10,15-16,21-42H2,1-2H3/b13-11-,14-12-,19-17-,20-18-. The molecule has 1 rings (SSSR count). The number of nitrogens with zero attached hydrogens (tertiary/aromatic N) is 1. The van der Waals surface area contributed by atoms with Gasteiger partial charge in [-0.3, -0.25) is 4.90 Å². The molecule has 0 aliphatic carbocycles. The normalized spacial score (nSPS) is 15.5. The highest BCUT2D eigenvalue weighted by Gasteiger charge is 2.16. The average Bonchev–Trinajstić information content (AvgIpc) is 3.06. The van der Waals surface area contributed by atoms with Crippen molar-refractivity contribution < 1.29 is 4.74 Å². The molecule has 0 N–H and O–H groups in total. The number of hydrogen-bond acceptors (Lipinski definition) is 2. The highest BCUT2D eigenvalue weighted by Crippen LogP contribution is 2.21. The first-order chi connectivity index (χ1) is 22.4. The fourth-order valence-electron chi connectivity index (χ4n) is 6.50. The summed E-state index contributed by atoms with van der Waals surface area (Å²) in [7, 11) is 0. The quantitative estimate of drug-likeness (QED) is 0.0531. The van der Waals surface area contributed by atoms with Gasteiger partial charge in [0.1, 0.15) is 0 Å². The van der Waals surface area contributed by atoms with Crippen molar-refractivity contribution in [1.82, 2.24) is 4.90 Å². The zero-order chi connectivity index (χ0) is 32.1. The lowest BCUT2D eigenvalue weighted by Crippen LogP contribution is -2.39. The molecule has 0 bridgehead atoms. The summed E-state index contributed by atoms with van der Waals surface area (Å²) in [6, 6.07) is 0. The maximum Gasteiger partial charge on any atom is 0.0594 e. The van der Waals surface area contributed by atoms with Gasteiger partial charge in [-0.1, -0.05) is 159 Å². The summed E-state index contributed by atoms with van der Waals surface area (Å²) in [6.45, 7) is 10.0. The first-order valence-corrected chi connectivity index (χ1v) is 20.3. The summed E-state index contributed by atoms with van der Waals surface area (Å²) < 4.78 is 5.62. The third-order valence-electron chi connectivity index (χ3n) is 9.50. The summed E-state index contributed by atoms with van der Waals surface area (Å²) in [4.78, 5) is 2.68. The molecule has 0 aromatic heterocycles. The van der Waals surface area contributed by atoms with Gasteiger partial charge in [0.15, 0.2) is 0 Å². The van der Waals surface area contributed by atoms with Gasteiger partial charge in [-0.05, 0) is 83.0 Å². The molecule has 45 heavy (non-hydrogen) atoms. The predicted molar refractivity (Wildman–Crippen MR) is 203 cm³/mol. The number of rotatable bonds is 33. The maximum atomic E-state index is 5.62. The molecule has 262 valence electrons. The lowest BCUT2D eigenvalue weighted by Gasteiger charge is -2.30. The molecule has 1 fully saturated rings. The monoisotopic (exact) mass is 626 g/mol. The van der Waals surface area contributed by atoms with Gasteiger partial charge in [0.05, 0.1) is 13.2 Å². The van der Waals surface area contributed by atoms with Crippen LogP contribution in [0.1, 0.15) is 187 Å². The van der Waals surface area contributed by atoms with Crippen LogP contribution >= 0.6 is 0 Å². The van der Waals surface area contributed by atoms with E-state index in [-0.39, 0.29) is 0 Å². The Morgan fingerprint density at radius 1 is 0.444 bits per heavy atom. The highest BCUT2D eigenvalue weighted by molar-refractivity contribution is 4.93. The lowest BCUT2D eigenvalue weighted by atomic mass is 9.93. The third-order valence-corrected chi connectivity index (χ3v) is 9.50. The van der Waals surface area contributed by atoms with Crippen LogP contribution in [0.3, 0.4) is 0 Å². The van der Waals surface area contributed by atoms with Gasteiger partial charge < -0.3 is 4.74 Å². The molecular weight excluding hydrogens is 546 g/mol. The van der Waals surface area contributed by atoms with E-state index in [2.05, 4.69) is 67.4 Å². The molecule has 1 aliphatic rings. The SMILES string of the molecule is CCCCC/C=C\C/C=C\CCCCCCCCCC(CCCCCCCC/C=C\C/C=C\CCCCC)CN1CCOCC1. The van der Waals surface area contributed by atoms with Crippen LogP contribution in [-0.4, -0.2) is 37.7 Å².